The van der Waals surface area contributed by atoms with E-state index in [1.54, 1.807) is 7.05 Å². The standard InChI is InChI=1S/C18H20BrFN2O3/c1-12(25-17(24)14-7-6-13(19)10-15(14)20)16(23)22(2)18(11-21)8-4-3-5-9-18/h6-7,10,12H,3-5,8-9H2,1-2H3/t12-/m1/s1. The van der Waals surface area contributed by atoms with Gasteiger partial charge < -0.3 is 9.64 Å². The lowest BCUT2D eigenvalue weighted by Crippen LogP contribution is -2.53. The highest BCUT2D eigenvalue weighted by Gasteiger charge is 2.40. The molecule has 0 N–H and O–H groups in total. The van der Waals surface area contributed by atoms with Crippen molar-refractivity contribution in [2.75, 3.05) is 7.05 Å². The van der Waals surface area contributed by atoms with Crippen LogP contribution in [-0.2, 0) is 9.53 Å². The molecule has 0 radical (unpaired) electrons. The van der Waals surface area contributed by atoms with E-state index < -0.39 is 29.3 Å². The van der Waals surface area contributed by atoms with Gasteiger partial charge in [0.05, 0.1) is 11.6 Å². The minimum Gasteiger partial charge on any atom is -0.449 e. The zero-order valence-electron chi connectivity index (χ0n) is 14.2. The van der Waals surface area contributed by atoms with Crippen molar-refractivity contribution < 1.29 is 18.7 Å². The SMILES string of the molecule is C[C@@H](OC(=O)c1ccc(Br)cc1F)C(=O)N(C)C1(C#N)CCCCC1. The lowest BCUT2D eigenvalue weighted by molar-refractivity contribution is -0.143. The lowest BCUT2D eigenvalue weighted by atomic mass is 9.81. The fourth-order valence-corrected chi connectivity index (χ4v) is 3.41. The van der Waals surface area contributed by atoms with Crippen molar-refractivity contribution in [3.8, 4) is 6.07 Å². The van der Waals surface area contributed by atoms with E-state index in [0.717, 1.165) is 25.3 Å². The van der Waals surface area contributed by atoms with Gasteiger partial charge in [-0.15, -0.1) is 0 Å². The molecule has 134 valence electrons. The molecule has 1 aliphatic rings. The maximum atomic E-state index is 13.8. The predicted octanol–water partition coefficient (Wildman–Crippen LogP) is 3.82. The molecule has 0 aliphatic heterocycles. The number of carbonyl (C=O) groups excluding carboxylic acids is 2. The van der Waals surface area contributed by atoms with Crippen LogP contribution in [0, 0.1) is 17.1 Å². The summed E-state index contributed by atoms with van der Waals surface area (Å²) in [6, 6.07) is 6.22. The number of ether oxygens (including phenoxy) is 1. The van der Waals surface area contributed by atoms with E-state index in [2.05, 4.69) is 22.0 Å². The fraction of sp³-hybridized carbons (Fsp3) is 0.500. The molecule has 1 aliphatic carbocycles. The van der Waals surface area contributed by atoms with Gasteiger partial charge in [0.15, 0.2) is 6.10 Å². The highest BCUT2D eigenvalue weighted by atomic mass is 79.9. The molecular formula is C18H20BrFN2O3. The third-order valence-corrected chi connectivity index (χ3v) is 5.14. The summed E-state index contributed by atoms with van der Waals surface area (Å²) in [5.41, 5.74) is -1.10. The Hall–Kier alpha value is -1.94. The molecule has 5 nitrogen and oxygen atoms in total. The number of nitrogens with zero attached hydrogens (tertiary/aromatic N) is 2. The van der Waals surface area contributed by atoms with E-state index in [0.29, 0.717) is 17.3 Å². The Balaban J connectivity index is 2.09. The molecule has 1 atom stereocenters. The van der Waals surface area contributed by atoms with Gasteiger partial charge in [0.25, 0.3) is 5.91 Å². The van der Waals surface area contributed by atoms with Crippen LogP contribution in [0.2, 0.25) is 0 Å². The molecule has 0 heterocycles. The summed E-state index contributed by atoms with van der Waals surface area (Å²) in [5, 5.41) is 9.56. The van der Waals surface area contributed by atoms with Crippen LogP contribution in [0.5, 0.6) is 0 Å². The molecule has 0 bridgehead atoms. The second kappa shape index (κ2) is 7.96. The van der Waals surface area contributed by atoms with E-state index in [4.69, 9.17) is 4.74 Å². The van der Waals surface area contributed by atoms with Crippen molar-refractivity contribution in [3.05, 3.63) is 34.1 Å². The van der Waals surface area contributed by atoms with E-state index in [-0.39, 0.29) is 5.56 Å². The molecule has 25 heavy (non-hydrogen) atoms. The second-order valence-electron chi connectivity index (χ2n) is 6.27. The van der Waals surface area contributed by atoms with Crippen molar-refractivity contribution in [1.82, 2.24) is 4.90 Å². The van der Waals surface area contributed by atoms with Crippen molar-refractivity contribution in [3.63, 3.8) is 0 Å². The number of halogens is 2. The Kier molecular flexibility index (Phi) is 6.17. The molecule has 0 saturated heterocycles. The minimum absolute atomic E-state index is 0.238. The summed E-state index contributed by atoms with van der Waals surface area (Å²) in [5.74, 6) is -2.10. The van der Waals surface area contributed by atoms with E-state index in [1.807, 2.05) is 0 Å². The smallest absolute Gasteiger partial charge is 0.341 e. The van der Waals surface area contributed by atoms with Crippen molar-refractivity contribution in [2.24, 2.45) is 0 Å². The lowest BCUT2D eigenvalue weighted by Gasteiger charge is -2.39. The van der Waals surface area contributed by atoms with Crippen molar-refractivity contribution in [2.45, 2.75) is 50.7 Å². The quantitative estimate of drug-likeness (QED) is 0.707. The van der Waals surface area contributed by atoms with Crippen LogP contribution in [0.1, 0.15) is 49.4 Å². The largest absolute Gasteiger partial charge is 0.449 e. The number of hydrogen-bond donors (Lipinski definition) is 0. The normalized spacial score (nSPS) is 17.2. The average Bonchev–Trinajstić information content (AvgIpc) is 2.60. The summed E-state index contributed by atoms with van der Waals surface area (Å²) in [6.07, 6.45) is 2.90. The molecule has 0 unspecified atom stereocenters. The maximum absolute atomic E-state index is 13.8. The summed E-state index contributed by atoms with van der Waals surface area (Å²) in [6.45, 7) is 1.43. The molecule has 1 fully saturated rings. The molecule has 1 aromatic rings. The molecule has 0 aromatic heterocycles. The molecule has 1 saturated carbocycles. The molecular weight excluding hydrogens is 391 g/mol. The van der Waals surface area contributed by atoms with Crippen molar-refractivity contribution >= 4 is 27.8 Å². The zero-order valence-corrected chi connectivity index (χ0v) is 15.8. The Labute approximate surface area is 154 Å². The Morgan fingerprint density at radius 2 is 2.00 bits per heavy atom. The van der Waals surface area contributed by atoms with Crippen molar-refractivity contribution in [1.29, 1.82) is 5.26 Å². The number of likely N-dealkylation sites (N-methyl/N-ethyl adjacent to an activating group) is 1. The van der Waals surface area contributed by atoms with Gasteiger partial charge in [-0.05, 0) is 38.0 Å². The van der Waals surface area contributed by atoms with E-state index in [1.165, 1.54) is 24.0 Å². The van der Waals surface area contributed by atoms with Crippen LogP contribution < -0.4 is 0 Å². The van der Waals surface area contributed by atoms with Crippen LogP contribution in [0.4, 0.5) is 4.39 Å². The van der Waals surface area contributed by atoms with Gasteiger partial charge in [0.2, 0.25) is 0 Å². The summed E-state index contributed by atoms with van der Waals surface area (Å²) >= 11 is 3.11. The first kappa shape index (κ1) is 19.4. The molecule has 1 amide bonds. The molecule has 2 rings (SSSR count). The first-order chi connectivity index (χ1) is 11.8. The fourth-order valence-electron chi connectivity index (χ4n) is 3.07. The number of nitriles is 1. The summed E-state index contributed by atoms with van der Waals surface area (Å²) in [4.78, 5) is 26.1. The first-order valence-electron chi connectivity index (χ1n) is 8.16. The van der Waals surface area contributed by atoms with Crippen LogP contribution in [0.15, 0.2) is 22.7 Å². The van der Waals surface area contributed by atoms with Gasteiger partial charge in [-0.2, -0.15) is 5.26 Å². The number of hydrogen-bond acceptors (Lipinski definition) is 4. The van der Waals surface area contributed by atoms with Gasteiger partial charge in [-0.3, -0.25) is 4.79 Å². The van der Waals surface area contributed by atoms with Crippen LogP contribution in [0.25, 0.3) is 0 Å². The summed E-state index contributed by atoms with van der Waals surface area (Å²) in [7, 11) is 1.56. The maximum Gasteiger partial charge on any atom is 0.341 e. The van der Waals surface area contributed by atoms with Crippen LogP contribution in [0.3, 0.4) is 0 Å². The molecule has 1 aromatic carbocycles. The average molecular weight is 411 g/mol. The van der Waals surface area contributed by atoms with Crippen LogP contribution in [-0.4, -0.2) is 35.5 Å². The Morgan fingerprint density at radius 3 is 2.56 bits per heavy atom. The minimum atomic E-state index is -1.10. The monoisotopic (exact) mass is 410 g/mol. The highest BCUT2D eigenvalue weighted by Crippen LogP contribution is 2.33. The Morgan fingerprint density at radius 1 is 1.36 bits per heavy atom. The topological polar surface area (TPSA) is 70.4 Å². The number of benzene rings is 1. The highest BCUT2D eigenvalue weighted by molar-refractivity contribution is 9.10. The predicted molar refractivity (Wildman–Crippen MR) is 93.2 cm³/mol. The molecule has 7 heteroatoms. The van der Waals surface area contributed by atoms with E-state index >= 15 is 0 Å². The van der Waals surface area contributed by atoms with Gasteiger partial charge in [-0.25, -0.2) is 9.18 Å². The first-order valence-corrected chi connectivity index (χ1v) is 8.95. The zero-order chi connectivity index (χ0) is 18.6. The third-order valence-electron chi connectivity index (χ3n) is 4.64. The molecule has 0 spiro atoms. The number of rotatable bonds is 4. The third kappa shape index (κ3) is 4.18. The van der Waals surface area contributed by atoms with E-state index in [9.17, 15) is 19.2 Å². The van der Waals surface area contributed by atoms with Gasteiger partial charge in [0.1, 0.15) is 11.4 Å². The summed E-state index contributed by atoms with van der Waals surface area (Å²) < 4.78 is 19.5. The van der Waals surface area contributed by atoms with Gasteiger partial charge in [-0.1, -0.05) is 35.2 Å². The Bertz CT molecular complexity index is 711. The number of carbonyl (C=O) groups is 2. The number of esters is 1. The van der Waals surface area contributed by atoms with Gasteiger partial charge in [0, 0.05) is 11.5 Å². The number of amides is 1. The van der Waals surface area contributed by atoms with Gasteiger partial charge >= 0.3 is 5.97 Å². The second-order valence-corrected chi connectivity index (χ2v) is 7.19. The van der Waals surface area contributed by atoms with Crippen LogP contribution >= 0.6 is 15.9 Å².